The first kappa shape index (κ1) is 14.3. The Kier molecular flexibility index (Phi) is 4.57. The van der Waals surface area contributed by atoms with Gasteiger partial charge in [-0.15, -0.1) is 0 Å². The average Bonchev–Trinajstić information content (AvgIpc) is 2.42. The van der Waals surface area contributed by atoms with Crippen molar-refractivity contribution < 1.29 is 9.18 Å². The maximum atomic E-state index is 13.9. The van der Waals surface area contributed by atoms with Crippen molar-refractivity contribution in [3.63, 3.8) is 0 Å². The molecule has 1 aromatic carbocycles. The third kappa shape index (κ3) is 3.27. The van der Waals surface area contributed by atoms with Crippen LogP contribution in [0.1, 0.15) is 6.42 Å². The lowest BCUT2D eigenvalue weighted by Crippen LogP contribution is -2.16. The molecule has 2 aromatic rings. The lowest BCUT2D eigenvalue weighted by atomic mass is 10.2. The van der Waals surface area contributed by atoms with E-state index in [9.17, 15) is 14.0 Å². The zero-order chi connectivity index (χ0) is 14.5. The predicted molar refractivity (Wildman–Crippen MR) is 79.1 cm³/mol. The molecule has 0 atom stereocenters. The molecule has 1 amide bonds. The molecule has 0 unspecified atom stereocenters. The van der Waals surface area contributed by atoms with Crippen molar-refractivity contribution in [2.75, 3.05) is 11.1 Å². The number of halogens is 1. The molecule has 0 saturated carbocycles. The van der Waals surface area contributed by atoms with Crippen molar-refractivity contribution in [2.24, 2.45) is 0 Å². The lowest BCUT2D eigenvalue weighted by molar-refractivity contribution is -0.115. The number of anilines is 1. The Labute approximate surface area is 120 Å². The molecule has 1 aromatic heterocycles. The summed E-state index contributed by atoms with van der Waals surface area (Å²) in [4.78, 5) is 23.0. The number of carbonyl (C=O) groups is 1. The van der Waals surface area contributed by atoms with Crippen LogP contribution in [0.25, 0.3) is 5.69 Å². The lowest BCUT2D eigenvalue weighted by Gasteiger charge is -2.09. The van der Waals surface area contributed by atoms with E-state index in [-0.39, 0.29) is 23.6 Å². The Morgan fingerprint density at radius 1 is 1.30 bits per heavy atom. The summed E-state index contributed by atoms with van der Waals surface area (Å²) in [5.41, 5.74) is 0.239. The molecular weight excluding hydrogens is 279 g/mol. The van der Waals surface area contributed by atoms with Gasteiger partial charge in [0.2, 0.25) is 5.91 Å². The van der Waals surface area contributed by atoms with Gasteiger partial charge in [0, 0.05) is 24.8 Å². The highest BCUT2D eigenvalue weighted by Crippen LogP contribution is 2.17. The zero-order valence-corrected chi connectivity index (χ0v) is 11.4. The van der Waals surface area contributed by atoms with Gasteiger partial charge in [0.25, 0.3) is 5.56 Å². The molecule has 104 valence electrons. The van der Waals surface area contributed by atoms with E-state index < -0.39 is 5.82 Å². The minimum absolute atomic E-state index is 0.0875. The first-order valence-corrected chi connectivity index (χ1v) is 6.63. The molecule has 0 aliphatic heterocycles. The largest absolute Gasteiger partial charge is 0.324 e. The molecule has 0 bridgehead atoms. The number of benzene rings is 1. The minimum atomic E-state index is -0.592. The summed E-state index contributed by atoms with van der Waals surface area (Å²) in [5, 5.41) is 2.45. The van der Waals surface area contributed by atoms with Crippen LogP contribution in [0.4, 0.5) is 10.1 Å². The molecule has 20 heavy (non-hydrogen) atoms. The number of rotatable bonds is 4. The smallest absolute Gasteiger partial charge is 0.255 e. The second kappa shape index (κ2) is 6.38. The van der Waals surface area contributed by atoms with Crippen LogP contribution >= 0.6 is 12.6 Å². The Morgan fingerprint density at radius 2 is 2.10 bits per heavy atom. The summed E-state index contributed by atoms with van der Waals surface area (Å²) in [6.07, 6.45) is 1.76. The van der Waals surface area contributed by atoms with E-state index in [0.29, 0.717) is 11.4 Å². The predicted octanol–water partition coefficient (Wildman–Crippen LogP) is 2.24. The number of pyridine rings is 1. The van der Waals surface area contributed by atoms with Crippen LogP contribution in [0.2, 0.25) is 0 Å². The van der Waals surface area contributed by atoms with Crippen LogP contribution in [-0.2, 0) is 4.79 Å². The SMILES string of the molecule is O=C(CCS)Nc1ccc(-n2ccccc2=O)cc1F. The molecule has 2 rings (SSSR count). The molecule has 4 nitrogen and oxygen atoms in total. The van der Waals surface area contributed by atoms with Gasteiger partial charge in [-0.2, -0.15) is 12.6 Å². The fourth-order valence-electron chi connectivity index (χ4n) is 1.71. The summed E-state index contributed by atoms with van der Waals surface area (Å²) in [5.74, 6) is -0.500. The summed E-state index contributed by atoms with van der Waals surface area (Å²) < 4.78 is 15.2. The molecule has 0 saturated heterocycles. The third-order valence-electron chi connectivity index (χ3n) is 2.67. The maximum Gasteiger partial charge on any atom is 0.255 e. The van der Waals surface area contributed by atoms with Gasteiger partial charge in [0.1, 0.15) is 5.82 Å². The Hall–Kier alpha value is -2.08. The molecule has 0 fully saturated rings. The van der Waals surface area contributed by atoms with Crippen LogP contribution in [0.15, 0.2) is 47.4 Å². The fraction of sp³-hybridized carbons (Fsp3) is 0.143. The summed E-state index contributed by atoms with van der Waals surface area (Å²) in [6, 6.07) is 8.89. The highest BCUT2D eigenvalue weighted by atomic mass is 32.1. The number of thiol groups is 1. The van der Waals surface area contributed by atoms with Gasteiger partial charge in [-0.1, -0.05) is 6.07 Å². The van der Waals surface area contributed by atoms with E-state index in [2.05, 4.69) is 17.9 Å². The second-order valence-corrected chi connectivity index (χ2v) is 4.54. The highest BCUT2D eigenvalue weighted by Gasteiger charge is 2.08. The maximum absolute atomic E-state index is 13.9. The van der Waals surface area contributed by atoms with E-state index in [1.54, 1.807) is 24.4 Å². The van der Waals surface area contributed by atoms with Crippen LogP contribution in [-0.4, -0.2) is 16.2 Å². The Bertz CT molecular complexity index is 685. The van der Waals surface area contributed by atoms with E-state index in [0.717, 1.165) is 0 Å². The minimum Gasteiger partial charge on any atom is -0.324 e. The average molecular weight is 292 g/mol. The monoisotopic (exact) mass is 292 g/mol. The second-order valence-electron chi connectivity index (χ2n) is 4.09. The van der Waals surface area contributed by atoms with Crippen LogP contribution in [0.3, 0.4) is 0 Å². The number of hydrogen-bond donors (Lipinski definition) is 2. The number of nitrogens with one attached hydrogen (secondary N) is 1. The molecule has 1 heterocycles. The number of amides is 1. The van der Waals surface area contributed by atoms with Crippen LogP contribution < -0.4 is 10.9 Å². The van der Waals surface area contributed by atoms with Gasteiger partial charge in [-0.25, -0.2) is 4.39 Å². The van der Waals surface area contributed by atoms with Gasteiger partial charge in [0.15, 0.2) is 0 Å². The standard InChI is InChI=1S/C14H13FN2O2S/c15-11-9-10(17-7-2-1-3-14(17)19)4-5-12(11)16-13(18)6-8-20/h1-5,7,9,20H,6,8H2,(H,16,18). The van der Waals surface area contributed by atoms with Gasteiger partial charge < -0.3 is 5.32 Å². The van der Waals surface area contributed by atoms with Crippen molar-refractivity contribution in [1.82, 2.24) is 4.57 Å². The van der Waals surface area contributed by atoms with Gasteiger partial charge >= 0.3 is 0 Å². The van der Waals surface area contributed by atoms with Crippen molar-refractivity contribution in [3.8, 4) is 5.69 Å². The van der Waals surface area contributed by atoms with E-state index in [1.165, 1.54) is 22.8 Å². The highest BCUT2D eigenvalue weighted by molar-refractivity contribution is 7.80. The zero-order valence-electron chi connectivity index (χ0n) is 10.5. The number of nitrogens with zero attached hydrogens (tertiary/aromatic N) is 1. The quantitative estimate of drug-likeness (QED) is 0.849. The van der Waals surface area contributed by atoms with Gasteiger partial charge in [0.05, 0.1) is 11.4 Å². The fourth-order valence-corrected chi connectivity index (χ4v) is 1.91. The van der Waals surface area contributed by atoms with E-state index in [4.69, 9.17) is 0 Å². The van der Waals surface area contributed by atoms with Gasteiger partial charge in [-0.3, -0.25) is 14.2 Å². The summed E-state index contributed by atoms with van der Waals surface area (Å²) >= 11 is 3.93. The molecule has 6 heteroatoms. The molecule has 0 spiro atoms. The molecule has 1 N–H and O–H groups in total. The Balaban J connectivity index is 2.29. The first-order chi connectivity index (χ1) is 9.61. The number of carbonyl (C=O) groups excluding carboxylic acids is 1. The summed E-state index contributed by atoms with van der Waals surface area (Å²) in [7, 11) is 0. The topological polar surface area (TPSA) is 51.1 Å². The first-order valence-electron chi connectivity index (χ1n) is 6.00. The molecule has 0 aliphatic carbocycles. The van der Waals surface area contributed by atoms with Crippen LogP contribution in [0.5, 0.6) is 0 Å². The van der Waals surface area contributed by atoms with Crippen molar-refractivity contribution in [2.45, 2.75) is 6.42 Å². The molecule has 0 aliphatic rings. The third-order valence-corrected chi connectivity index (χ3v) is 2.89. The van der Waals surface area contributed by atoms with Crippen molar-refractivity contribution in [3.05, 3.63) is 58.8 Å². The molecular formula is C14H13FN2O2S. The van der Waals surface area contributed by atoms with E-state index >= 15 is 0 Å². The van der Waals surface area contributed by atoms with Gasteiger partial charge in [-0.05, 0) is 24.0 Å². The van der Waals surface area contributed by atoms with E-state index in [1.807, 2.05) is 0 Å². The molecule has 0 radical (unpaired) electrons. The number of aromatic nitrogens is 1. The van der Waals surface area contributed by atoms with Crippen molar-refractivity contribution >= 4 is 24.2 Å². The summed E-state index contributed by atoms with van der Waals surface area (Å²) in [6.45, 7) is 0. The van der Waals surface area contributed by atoms with Crippen LogP contribution in [0, 0.1) is 5.82 Å². The number of hydrogen-bond acceptors (Lipinski definition) is 3. The normalized spacial score (nSPS) is 10.3. The Morgan fingerprint density at radius 3 is 2.75 bits per heavy atom. The van der Waals surface area contributed by atoms with Crippen molar-refractivity contribution in [1.29, 1.82) is 0 Å².